The van der Waals surface area contributed by atoms with Gasteiger partial charge in [0, 0.05) is 13.0 Å². The van der Waals surface area contributed by atoms with Crippen molar-refractivity contribution >= 4 is 13.8 Å². The molecular weight excluding hydrogens is 673 g/mol. The van der Waals surface area contributed by atoms with Crippen LogP contribution in [-0.2, 0) is 27.9 Å². The van der Waals surface area contributed by atoms with Gasteiger partial charge >= 0.3 is 13.8 Å². The van der Waals surface area contributed by atoms with Crippen molar-refractivity contribution in [2.24, 2.45) is 0 Å². The highest BCUT2D eigenvalue weighted by Crippen LogP contribution is 2.43. The third-order valence-corrected chi connectivity index (χ3v) is 9.91. The fourth-order valence-corrected chi connectivity index (χ4v) is 6.30. The molecule has 0 saturated heterocycles. The number of rotatable bonds is 39. The van der Waals surface area contributed by atoms with Gasteiger partial charge in [-0.15, -0.1) is 0 Å². The predicted octanol–water partition coefficient (Wildman–Crippen LogP) is 12.2. The van der Waals surface area contributed by atoms with Crippen LogP contribution in [0.15, 0.2) is 36.5 Å². The number of ether oxygens (including phenoxy) is 2. The van der Waals surface area contributed by atoms with E-state index < -0.39 is 13.9 Å². The average Bonchev–Trinajstić information content (AvgIpc) is 3.09. The van der Waals surface area contributed by atoms with Crippen molar-refractivity contribution in [2.75, 3.05) is 54.1 Å². The lowest BCUT2D eigenvalue weighted by Crippen LogP contribution is -2.37. The van der Waals surface area contributed by atoms with Crippen LogP contribution in [0.3, 0.4) is 0 Å². The van der Waals surface area contributed by atoms with Crippen LogP contribution in [0.2, 0.25) is 0 Å². The molecule has 0 aromatic heterocycles. The minimum Gasteiger partial charge on any atom is -0.457 e. The first-order valence-corrected chi connectivity index (χ1v) is 22.7. The number of phosphoric acid groups is 1. The zero-order valence-electron chi connectivity index (χ0n) is 34.5. The summed E-state index contributed by atoms with van der Waals surface area (Å²) >= 11 is 0. The maximum atomic E-state index is 12.7. The molecule has 8 nitrogen and oxygen atoms in total. The highest BCUT2D eigenvalue weighted by atomic mass is 31.2. The molecule has 2 unspecified atom stereocenters. The van der Waals surface area contributed by atoms with Crippen LogP contribution in [0.25, 0.3) is 0 Å². The molecular formula is C43H83NO7P+. The van der Waals surface area contributed by atoms with Gasteiger partial charge in [0.25, 0.3) is 0 Å². The number of unbranched alkanes of at least 4 members (excludes halogenated alkanes) is 19. The van der Waals surface area contributed by atoms with Crippen LogP contribution < -0.4 is 0 Å². The Morgan fingerprint density at radius 3 is 1.63 bits per heavy atom. The maximum absolute atomic E-state index is 12.7. The highest BCUT2D eigenvalue weighted by Gasteiger charge is 2.26. The van der Waals surface area contributed by atoms with E-state index in [-0.39, 0.29) is 25.8 Å². The Bertz CT molecular complexity index is 931. The van der Waals surface area contributed by atoms with Crippen LogP contribution in [-0.4, -0.2) is 75.6 Å². The van der Waals surface area contributed by atoms with Crippen molar-refractivity contribution in [3.8, 4) is 0 Å². The lowest BCUT2D eigenvalue weighted by atomic mass is 10.1. The minimum absolute atomic E-state index is 0.0845. The van der Waals surface area contributed by atoms with E-state index in [9.17, 15) is 14.3 Å². The lowest BCUT2D eigenvalue weighted by molar-refractivity contribution is -0.870. The predicted molar refractivity (Wildman–Crippen MR) is 220 cm³/mol. The van der Waals surface area contributed by atoms with Crippen LogP contribution in [0.4, 0.5) is 0 Å². The van der Waals surface area contributed by atoms with Crippen LogP contribution >= 0.6 is 7.82 Å². The van der Waals surface area contributed by atoms with E-state index in [1.54, 1.807) is 0 Å². The van der Waals surface area contributed by atoms with E-state index in [0.29, 0.717) is 24.1 Å². The van der Waals surface area contributed by atoms with E-state index >= 15 is 0 Å². The smallest absolute Gasteiger partial charge is 0.457 e. The second-order valence-corrected chi connectivity index (χ2v) is 16.8. The van der Waals surface area contributed by atoms with Gasteiger partial charge in [0.1, 0.15) is 19.3 Å². The third-order valence-electron chi connectivity index (χ3n) is 8.92. The molecule has 0 amide bonds. The molecule has 0 aliphatic carbocycles. The van der Waals surface area contributed by atoms with Crippen molar-refractivity contribution < 1.29 is 37.3 Å². The highest BCUT2D eigenvalue weighted by molar-refractivity contribution is 7.47. The van der Waals surface area contributed by atoms with Gasteiger partial charge in [-0.3, -0.25) is 13.8 Å². The quantitative estimate of drug-likeness (QED) is 0.0219. The molecule has 0 aliphatic rings. The van der Waals surface area contributed by atoms with E-state index in [4.69, 9.17) is 18.5 Å². The van der Waals surface area contributed by atoms with Crippen molar-refractivity contribution in [1.82, 2.24) is 0 Å². The van der Waals surface area contributed by atoms with E-state index in [1.807, 2.05) is 21.1 Å². The Balaban J connectivity index is 4.29. The van der Waals surface area contributed by atoms with Gasteiger partial charge in [0.05, 0.1) is 34.4 Å². The van der Waals surface area contributed by atoms with Gasteiger partial charge in [-0.25, -0.2) is 4.57 Å². The van der Waals surface area contributed by atoms with Gasteiger partial charge in [-0.2, -0.15) is 0 Å². The summed E-state index contributed by atoms with van der Waals surface area (Å²) in [5.74, 6) is -0.327. The Morgan fingerprint density at radius 2 is 1.08 bits per heavy atom. The summed E-state index contributed by atoms with van der Waals surface area (Å²) in [4.78, 5) is 22.8. The topological polar surface area (TPSA) is 91.3 Å². The monoisotopic (exact) mass is 757 g/mol. The van der Waals surface area contributed by atoms with Crippen LogP contribution in [0, 0.1) is 0 Å². The molecule has 0 aliphatic heterocycles. The first kappa shape index (κ1) is 50.7. The molecule has 0 aromatic carbocycles. The normalized spacial score (nSPS) is 14.2. The zero-order chi connectivity index (χ0) is 38.4. The molecule has 9 heteroatoms. The molecule has 0 heterocycles. The summed E-state index contributed by atoms with van der Waals surface area (Å²) in [5.41, 5.74) is 0. The van der Waals surface area contributed by atoms with Gasteiger partial charge in [-0.05, 0) is 64.2 Å². The number of likely N-dealkylation sites (N-methyl/N-ethyl adjacent to an activating group) is 1. The largest absolute Gasteiger partial charge is 0.472 e. The van der Waals surface area contributed by atoms with Crippen molar-refractivity contribution in [3.63, 3.8) is 0 Å². The zero-order valence-corrected chi connectivity index (χ0v) is 35.4. The Hall–Kier alpha value is -1.28. The van der Waals surface area contributed by atoms with Crippen molar-refractivity contribution in [3.05, 3.63) is 36.5 Å². The third kappa shape index (κ3) is 39.9. The Morgan fingerprint density at radius 1 is 0.596 bits per heavy atom. The number of esters is 1. The molecule has 0 saturated carbocycles. The van der Waals surface area contributed by atoms with Crippen LogP contribution in [0.5, 0.6) is 0 Å². The van der Waals surface area contributed by atoms with E-state index in [1.165, 1.54) is 96.3 Å². The summed E-state index contributed by atoms with van der Waals surface area (Å²) < 4.78 is 34.9. The Kier molecular flexibility index (Phi) is 35.8. The second kappa shape index (κ2) is 36.7. The molecule has 0 radical (unpaired) electrons. The molecule has 0 rings (SSSR count). The van der Waals surface area contributed by atoms with Crippen molar-refractivity contribution in [2.45, 2.75) is 180 Å². The number of carbonyl (C=O) groups excluding carboxylic acids is 1. The molecule has 0 fully saturated rings. The van der Waals surface area contributed by atoms with E-state index in [0.717, 1.165) is 57.8 Å². The molecule has 2 atom stereocenters. The number of quaternary nitrogens is 1. The number of phosphoric ester groups is 1. The molecule has 306 valence electrons. The minimum atomic E-state index is -4.28. The first-order valence-electron chi connectivity index (χ1n) is 21.2. The molecule has 52 heavy (non-hydrogen) atoms. The Labute approximate surface area is 321 Å². The van der Waals surface area contributed by atoms with Crippen molar-refractivity contribution in [1.29, 1.82) is 0 Å². The lowest BCUT2D eigenvalue weighted by Gasteiger charge is -2.24. The fourth-order valence-electron chi connectivity index (χ4n) is 5.56. The van der Waals surface area contributed by atoms with Gasteiger partial charge < -0.3 is 18.9 Å². The van der Waals surface area contributed by atoms with Gasteiger partial charge in [-0.1, -0.05) is 140 Å². The standard InChI is InChI=1S/C43H82NO7P/c1-6-8-10-12-14-16-18-20-22-24-26-28-30-32-34-36-43(45)51-42(41-50-52(46,47)49-39-37-44(3,4)5)40-48-38-35-33-31-29-27-25-23-21-19-17-15-13-11-9-7-2/h13,15,19-22,42H,6-12,14,16-18,23-41H2,1-5H3/p+1/b15-13-,21-19-,22-20-. The number of carbonyl (C=O) groups is 1. The molecule has 0 bridgehead atoms. The number of hydrogen-bond acceptors (Lipinski definition) is 6. The number of nitrogens with zero attached hydrogens (tertiary/aromatic N) is 1. The first-order chi connectivity index (χ1) is 25.1. The van der Waals surface area contributed by atoms with Crippen LogP contribution in [0.1, 0.15) is 174 Å². The fraction of sp³-hybridized carbons (Fsp3) is 0.837. The maximum Gasteiger partial charge on any atom is 0.472 e. The second-order valence-electron chi connectivity index (χ2n) is 15.4. The molecule has 0 spiro atoms. The SMILES string of the molecule is CCCC/C=C\C/C=C\CCCCCCCCOCC(COP(=O)(O)OCC[N+](C)(C)C)OC(=O)CCCCCCC/C=C\CCCCCCCC. The number of hydrogen-bond donors (Lipinski definition) is 1. The van der Waals surface area contributed by atoms with Gasteiger partial charge in [0.2, 0.25) is 0 Å². The summed E-state index contributed by atoms with van der Waals surface area (Å²) in [6, 6.07) is 0. The van der Waals surface area contributed by atoms with Gasteiger partial charge in [0.15, 0.2) is 0 Å². The summed E-state index contributed by atoms with van der Waals surface area (Å²) in [6.45, 7) is 5.54. The summed E-state index contributed by atoms with van der Waals surface area (Å²) in [6.07, 6.45) is 41.7. The molecule has 1 N–H and O–H groups in total. The average molecular weight is 757 g/mol. The summed E-state index contributed by atoms with van der Waals surface area (Å²) in [5, 5.41) is 0. The summed E-state index contributed by atoms with van der Waals surface area (Å²) in [7, 11) is 1.65. The number of allylic oxidation sites excluding steroid dienone is 6. The molecule has 0 aromatic rings. The van der Waals surface area contributed by atoms with E-state index in [2.05, 4.69) is 50.3 Å².